The van der Waals surface area contributed by atoms with Gasteiger partial charge in [0.25, 0.3) is 0 Å². The highest BCUT2D eigenvalue weighted by atomic mass is 16.3. The standard InChI is InChI=1S/C11H13NO/c1-2-12-8-10-5-3-4-9-6-7-13-11(9)10/h3-7,12H,2,8H2,1H3. The Kier molecular flexibility index (Phi) is 2.32. The Balaban J connectivity index is 2.37. The van der Waals surface area contributed by atoms with Crippen LogP contribution in [0.15, 0.2) is 34.9 Å². The molecular formula is C11H13NO. The van der Waals surface area contributed by atoms with E-state index in [0.29, 0.717) is 0 Å². The fourth-order valence-corrected chi connectivity index (χ4v) is 1.45. The van der Waals surface area contributed by atoms with Gasteiger partial charge in [-0.2, -0.15) is 0 Å². The average Bonchev–Trinajstić information content (AvgIpc) is 2.62. The van der Waals surface area contributed by atoms with Crippen LogP contribution in [0.4, 0.5) is 0 Å². The molecule has 0 aliphatic carbocycles. The van der Waals surface area contributed by atoms with Crippen LogP contribution < -0.4 is 5.32 Å². The molecule has 0 aliphatic heterocycles. The first-order chi connectivity index (χ1) is 6.42. The van der Waals surface area contributed by atoms with Crippen LogP contribution in [0.5, 0.6) is 0 Å². The summed E-state index contributed by atoms with van der Waals surface area (Å²) in [5.41, 5.74) is 2.23. The Labute approximate surface area is 77.6 Å². The van der Waals surface area contributed by atoms with Gasteiger partial charge in [-0.1, -0.05) is 25.1 Å². The third kappa shape index (κ3) is 1.58. The Morgan fingerprint density at radius 3 is 3.08 bits per heavy atom. The van der Waals surface area contributed by atoms with Crippen LogP contribution in [0.2, 0.25) is 0 Å². The molecule has 0 spiro atoms. The van der Waals surface area contributed by atoms with Crippen molar-refractivity contribution in [2.24, 2.45) is 0 Å². The molecule has 0 saturated carbocycles. The van der Waals surface area contributed by atoms with Gasteiger partial charge in [0.15, 0.2) is 0 Å². The molecule has 0 bridgehead atoms. The lowest BCUT2D eigenvalue weighted by molar-refractivity contribution is 0.605. The second kappa shape index (κ2) is 3.62. The zero-order chi connectivity index (χ0) is 9.10. The van der Waals surface area contributed by atoms with Crippen molar-refractivity contribution in [3.63, 3.8) is 0 Å². The fraction of sp³-hybridized carbons (Fsp3) is 0.273. The first kappa shape index (κ1) is 8.32. The molecule has 68 valence electrons. The number of rotatable bonds is 3. The number of benzene rings is 1. The van der Waals surface area contributed by atoms with Gasteiger partial charge in [-0.25, -0.2) is 0 Å². The van der Waals surface area contributed by atoms with Crippen LogP contribution in [-0.4, -0.2) is 6.54 Å². The van der Waals surface area contributed by atoms with Crippen molar-refractivity contribution in [3.8, 4) is 0 Å². The van der Waals surface area contributed by atoms with Crippen molar-refractivity contribution in [2.75, 3.05) is 6.54 Å². The van der Waals surface area contributed by atoms with Crippen LogP contribution in [-0.2, 0) is 6.54 Å². The van der Waals surface area contributed by atoms with Gasteiger partial charge in [-0.3, -0.25) is 0 Å². The van der Waals surface area contributed by atoms with Crippen molar-refractivity contribution in [3.05, 3.63) is 36.1 Å². The maximum absolute atomic E-state index is 5.41. The lowest BCUT2D eigenvalue weighted by Crippen LogP contribution is -2.11. The molecule has 0 radical (unpaired) electrons. The number of fused-ring (bicyclic) bond motifs is 1. The number of para-hydroxylation sites is 1. The predicted octanol–water partition coefficient (Wildman–Crippen LogP) is 2.54. The summed E-state index contributed by atoms with van der Waals surface area (Å²) in [7, 11) is 0. The third-order valence-electron chi connectivity index (χ3n) is 2.13. The first-order valence-corrected chi connectivity index (χ1v) is 4.57. The lowest BCUT2D eigenvalue weighted by atomic mass is 10.1. The zero-order valence-corrected chi connectivity index (χ0v) is 7.71. The maximum atomic E-state index is 5.41. The highest BCUT2D eigenvalue weighted by Gasteiger charge is 2.01. The second-order valence-corrected chi connectivity index (χ2v) is 3.04. The summed E-state index contributed by atoms with van der Waals surface area (Å²) in [6, 6.07) is 8.21. The summed E-state index contributed by atoms with van der Waals surface area (Å²) in [4.78, 5) is 0. The maximum Gasteiger partial charge on any atom is 0.138 e. The molecule has 2 rings (SSSR count). The van der Waals surface area contributed by atoms with E-state index in [1.54, 1.807) is 6.26 Å². The number of furan rings is 1. The van der Waals surface area contributed by atoms with Crippen molar-refractivity contribution < 1.29 is 4.42 Å². The highest BCUT2D eigenvalue weighted by Crippen LogP contribution is 2.19. The van der Waals surface area contributed by atoms with Crippen LogP contribution in [0.25, 0.3) is 11.0 Å². The van der Waals surface area contributed by atoms with E-state index in [-0.39, 0.29) is 0 Å². The predicted molar refractivity (Wildman–Crippen MR) is 53.6 cm³/mol. The molecule has 1 aromatic heterocycles. The van der Waals surface area contributed by atoms with E-state index in [4.69, 9.17) is 4.42 Å². The van der Waals surface area contributed by atoms with Crippen molar-refractivity contribution >= 4 is 11.0 Å². The van der Waals surface area contributed by atoms with Gasteiger partial charge in [0.05, 0.1) is 6.26 Å². The summed E-state index contributed by atoms with van der Waals surface area (Å²) >= 11 is 0. The quantitative estimate of drug-likeness (QED) is 0.775. The molecule has 13 heavy (non-hydrogen) atoms. The Morgan fingerprint density at radius 1 is 1.31 bits per heavy atom. The van der Waals surface area contributed by atoms with Gasteiger partial charge in [-0.15, -0.1) is 0 Å². The van der Waals surface area contributed by atoms with Crippen LogP contribution in [0.3, 0.4) is 0 Å². The number of nitrogens with one attached hydrogen (secondary N) is 1. The molecule has 0 fully saturated rings. The minimum absolute atomic E-state index is 0.876. The zero-order valence-electron chi connectivity index (χ0n) is 7.71. The summed E-state index contributed by atoms with van der Waals surface area (Å²) in [6.07, 6.45) is 1.74. The third-order valence-corrected chi connectivity index (χ3v) is 2.13. The smallest absolute Gasteiger partial charge is 0.138 e. The van der Waals surface area contributed by atoms with Crippen LogP contribution in [0, 0.1) is 0 Å². The lowest BCUT2D eigenvalue weighted by Gasteiger charge is -2.01. The molecule has 0 unspecified atom stereocenters. The van der Waals surface area contributed by atoms with Gasteiger partial charge in [0, 0.05) is 17.5 Å². The molecule has 1 N–H and O–H groups in total. The van der Waals surface area contributed by atoms with Gasteiger partial charge in [-0.05, 0) is 12.6 Å². The summed E-state index contributed by atoms with van der Waals surface area (Å²) in [5, 5.41) is 4.46. The average molecular weight is 175 g/mol. The normalized spacial score (nSPS) is 10.8. The SMILES string of the molecule is CCNCc1cccc2ccoc12. The second-order valence-electron chi connectivity index (χ2n) is 3.04. The topological polar surface area (TPSA) is 25.2 Å². The van der Waals surface area contributed by atoms with E-state index >= 15 is 0 Å². The minimum Gasteiger partial charge on any atom is -0.464 e. The van der Waals surface area contributed by atoms with Crippen molar-refractivity contribution in [1.29, 1.82) is 0 Å². The first-order valence-electron chi connectivity index (χ1n) is 4.57. The van der Waals surface area contributed by atoms with E-state index in [1.165, 1.54) is 10.9 Å². The fourth-order valence-electron chi connectivity index (χ4n) is 1.45. The molecule has 0 aliphatic rings. The summed E-state index contributed by atoms with van der Waals surface area (Å²) in [5.74, 6) is 0. The Hall–Kier alpha value is -1.28. The van der Waals surface area contributed by atoms with Gasteiger partial charge in [0.1, 0.15) is 5.58 Å². The van der Waals surface area contributed by atoms with E-state index in [2.05, 4.69) is 30.4 Å². The molecule has 1 aromatic carbocycles. The van der Waals surface area contributed by atoms with Crippen molar-refractivity contribution in [1.82, 2.24) is 5.32 Å². The highest BCUT2D eigenvalue weighted by molar-refractivity contribution is 5.80. The van der Waals surface area contributed by atoms with E-state index in [1.807, 2.05) is 6.07 Å². The number of hydrogen-bond acceptors (Lipinski definition) is 2. The van der Waals surface area contributed by atoms with E-state index < -0.39 is 0 Å². The molecule has 2 nitrogen and oxygen atoms in total. The van der Waals surface area contributed by atoms with Gasteiger partial charge < -0.3 is 9.73 Å². The Bertz CT molecular complexity index is 392. The summed E-state index contributed by atoms with van der Waals surface area (Å²) < 4.78 is 5.41. The summed E-state index contributed by atoms with van der Waals surface area (Å²) in [6.45, 7) is 3.96. The monoisotopic (exact) mass is 175 g/mol. The van der Waals surface area contributed by atoms with Crippen LogP contribution >= 0.6 is 0 Å². The van der Waals surface area contributed by atoms with E-state index in [0.717, 1.165) is 18.7 Å². The molecule has 2 heteroatoms. The molecule has 1 heterocycles. The van der Waals surface area contributed by atoms with E-state index in [9.17, 15) is 0 Å². The molecular weight excluding hydrogens is 162 g/mol. The molecule has 2 aromatic rings. The van der Waals surface area contributed by atoms with Gasteiger partial charge >= 0.3 is 0 Å². The Morgan fingerprint density at radius 2 is 2.23 bits per heavy atom. The minimum atomic E-state index is 0.876. The molecule has 0 atom stereocenters. The molecule has 0 saturated heterocycles. The largest absolute Gasteiger partial charge is 0.464 e. The van der Waals surface area contributed by atoms with Crippen LogP contribution in [0.1, 0.15) is 12.5 Å². The molecule has 0 amide bonds. The number of hydrogen-bond donors (Lipinski definition) is 1. The van der Waals surface area contributed by atoms with Crippen molar-refractivity contribution in [2.45, 2.75) is 13.5 Å². The van der Waals surface area contributed by atoms with Gasteiger partial charge in [0.2, 0.25) is 0 Å².